The summed E-state index contributed by atoms with van der Waals surface area (Å²) in [5, 5.41) is 7.76. The molecule has 0 unspecified atom stereocenters. The van der Waals surface area contributed by atoms with E-state index in [1.165, 1.54) is 24.5 Å². The van der Waals surface area contributed by atoms with Gasteiger partial charge in [-0.15, -0.1) is 0 Å². The van der Waals surface area contributed by atoms with Gasteiger partial charge in [-0.25, -0.2) is 13.5 Å². The molecule has 2 atom stereocenters. The number of aromatic nitrogens is 3. The van der Waals surface area contributed by atoms with Crippen molar-refractivity contribution in [1.82, 2.24) is 14.8 Å². The van der Waals surface area contributed by atoms with Gasteiger partial charge in [0, 0.05) is 16.7 Å². The molecule has 2 aliphatic heterocycles. The van der Waals surface area contributed by atoms with E-state index >= 15 is 0 Å². The lowest BCUT2D eigenvalue weighted by atomic mass is 9.84. The highest BCUT2D eigenvalue weighted by molar-refractivity contribution is 5.85. The van der Waals surface area contributed by atoms with Gasteiger partial charge in [-0.2, -0.15) is 10.1 Å². The molecule has 0 aliphatic carbocycles. The fourth-order valence-electron chi connectivity index (χ4n) is 4.33. The zero-order valence-corrected chi connectivity index (χ0v) is 16.2. The van der Waals surface area contributed by atoms with Gasteiger partial charge in [0.15, 0.2) is 6.10 Å². The van der Waals surface area contributed by atoms with Crippen LogP contribution in [0, 0.1) is 11.6 Å². The van der Waals surface area contributed by atoms with Crippen molar-refractivity contribution < 1.29 is 13.5 Å². The van der Waals surface area contributed by atoms with E-state index < -0.39 is 12.1 Å². The van der Waals surface area contributed by atoms with Gasteiger partial charge in [0.05, 0.1) is 5.70 Å². The summed E-state index contributed by atoms with van der Waals surface area (Å²) in [7, 11) is 0. The fraction of sp³-hybridized carbons (Fsp3) is 0.0833. The molecule has 152 valence electrons. The van der Waals surface area contributed by atoms with E-state index in [4.69, 9.17) is 4.74 Å². The van der Waals surface area contributed by atoms with Crippen LogP contribution in [-0.2, 0) is 0 Å². The molecule has 7 heteroatoms. The highest BCUT2D eigenvalue weighted by Gasteiger charge is 2.41. The van der Waals surface area contributed by atoms with E-state index in [1.54, 1.807) is 35.0 Å². The molecule has 0 bridgehead atoms. The Morgan fingerprint density at radius 1 is 0.903 bits per heavy atom. The van der Waals surface area contributed by atoms with E-state index in [0.29, 0.717) is 17.3 Å². The van der Waals surface area contributed by atoms with Gasteiger partial charge in [-0.3, -0.25) is 0 Å². The minimum atomic E-state index is -0.703. The van der Waals surface area contributed by atoms with Crippen molar-refractivity contribution in [2.24, 2.45) is 0 Å². The maximum atomic E-state index is 14.9. The van der Waals surface area contributed by atoms with Crippen LogP contribution in [-0.4, -0.2) is 14.8 Å². The van der Waals surface area contributed by atoms with Crippen molar-refractivity contribution in [1.29, 1.82) is 0 Å². The summed E-state index contributed by atoms with van der Waals surface area (Å²) in [6, 6.07) is 20.0. The first-order chi connectivity index (χ1) is 15.2. The Labute approximate surface area is 176 Å². The Morgan fingerprint density at radius 3 is 2.52 bits per heavy atom. The van der Waals surface area contributed by atoms with Crippen molar-refractivity contribution in [2.45, 2.75) is 12.1 Å². The number of fused-ring (bicyclic) bond motifs is 3. The summed E-state index contributed by atoms with van der Waals surface area (Å²) >= 11 is 0. The number of hydrogen-bond acceptors (Lipinski definition) is 4. The van der Waals surface area contributed by atoms with Gasteiger partial charge in [0.2, 0.25) is 5.95 Å². The van der Waals surface area contributed by atoms with Crippen LogP contribution in [0.5, 0.6) is 5.75 Å². The Kier molecular flexibility index (Phi) is 3.89. The van der Waals surface area contributed by atoms with Crippen LogP contribution < -0.4 is 10.1 Å². The zero-order valence-electron chi connectivity index (χ0n) is 16.2. The molecule has 1 aromatic heterocycles. The van der Waals surface area contributed by atoms with E-state index in [9.17, 15) is 8.78 Å². The number of nitrogens with one attached hydrogen (secondary N) is 1. The highest BCUT2D eigenvalue weighted by Crippen LogP contribution is 2.50. The first-order valence-corrected chi connectivity index (χ1v) is 9.87. The predicted octanol–water partition coefficient (Wildman–Crippen LogP) is 5.12. The number of nitrogens with zero attached hydrogens (tertiary/aromatic N) is 3. The lowest BCUT2D eigenvalue weighted by Gasteiger charge is -2.39. The number of anilines is 1. The number of halogens is 2. The molecule has 3 aromatic carbocycles. The van der Waals surface area contributed by atoms with E-state index in [-0.39, 0.29) is 11.6 Å². The lowest BCUT2D eigenvalue weighted by Crippen LogP contribution is -2.32. The largest absolute Gasteiger partial charge is 0.480 e. The summed E-state index contributed by atoms with van der Waals surface area (Å²) < 4.78 is 36.7. The monoisotopic (exact) mass is 414 g/mol. The second-order valence-electron chi connectivity index (χ2n) is 7.45. The molecule has 6 rings (SSSR count). The zero-order chi connectivity index (χ0) is 20.9. The normalized spacial score (nSPS) is 19.0. The molecule has 0 fully saturated rings. The molecular formula is C24H16F2N4O. The molecule has 4 aromatic rings. The summed E-state index contributed by atoms with van der Waals surface area (Å²) in [5.74, 6) is 0.507. The van der Waals surface area contributed by atoms with Gasteiger partial charge in [0.25, 0.3) is 0 Å². The Bertz CT molecular complexity index is 1330. The summed E-state index contributed by atoms with van der Waals surface area (Å²) in [6.45, 7) is 0. The number of ether oxygens (including phenoxy) is 1. The molecule has 0 saturated heterocycles. The van der Waals surface area contributed by atoms with Crippen LogP contribution in [0.15, 0.2) is 84.7 Å². The second kappa shape index (κ2) is 6.77. The molecule has 2 aliphatic rings. The van der Waals surface area contributed by atoms with Gasteiger partial charge in [-0.05, 0) is 35.9 Å². The third-order valence-corrected chi connectivity index (χ3v) is 5.69. The van der Waals surface area contributed by atoms with Crippen LogP contribution >= 0.6 is 0 Å². The lowest BCUT2D eigenvalue weighted by molar-refractivity contribution is 0.218. The number of hydrogen-bond donors (Lipinski definition) is 1. The van der Waals surface area contributed by atoms with Gasteiger partial charge in [0.1, 0.15) is 29.8 Å². The van der Waals surface area contributed by atoms with E-state index in [2.05, 4.69) is 15.4 Å². The Balaban J connectivity index is 1.65. The van der Waals surface area contributed by atoms with E-state index in [0.717, 1.165) is 22.4 Å². The molecule has 5 nitrogen and oxygen atoms in total. The van der Waals surface area contributed by atoms with Crippen molar-refractivity contribution in [3.8, 4) is 5.75 Å². The number of benzene rings is 3. The smallest absolute Gasteiger partial charge is 0.226 e. The fourth-order valence-corrected chi connectivity index (χ4v) is 4.33. The SMILES string of the molecule is Fc1ccc([C@H]2C3=C(Nc4ncnn42)c2ccccc2O[C@@H]3c2ccccc2F)cc1. The average molecular weight is 414 g/mol. The summed E-state index contributed by atoms with van der Waals surface area (Å²) in [5.41, 5.74) is 3.65. The van der Waals surface area contributed by atoms with Crippen LogP contribution in [0.2, 0.25) is 0 Å². The van der Waals surface area contributed by atoms with Crippen molar-refractivity contribution in [2.75, 3.05) is 5.32 Å². The van der Waals surface area contributed by atoms with Gasteiger partial charge >= 0.3 is 0 Å². The minimum absolute atomic E-state index is 0.332. The quantitative estimate of drug-likeness (QED) is 0.495. The van der Waals surface area contributed by atoms with Gasteiger partial charge < -0.3 is 10.1 Å². The third kappa shape index (κ3) is 2.73. The number of rotatable bonds is 2. The average Bonchev–Trinajstić information content (AvgIpc) is 3.27. The molecule has 3 heterocycles. The molecular weight excluding hydrogens is 398 g/mol. The van der Waals surface area contributed by atoms with Crippen LogP contribution in [0.25, 0.3) is 5.70 Å². The first-order valence-electron chi connectivity index (χ1n) is 9.87. The van der Waals surface area contributed by atoms with Crippen LogP contribution in [0.1, 0.15) is 28.8 Å². The molecule has 0 spiro atoms. The standard InChI is InChI=1S/C24H16F2N4O/c25-15-11-9-14(10-12-15)22-20-21(29-24-27-13-28-30(22)24)17-6-2-4-8-19(17)31-23(20)16-5-1-3-7-18(16)26/h1-13,22-23H,(H,27,28,29)/t22-,23+/m0/s1. The third-order valence-electron chi connectivity index (χ3n) is 5.69. The van der Waals surface area contributed by atoms with Gasteiger partial charge in [-0.1, -0.05) is 42.5 Å². The Morgan fingerprint density at radius 2 is 1.68 bits per heavy atom. The van der Waals surface area contributed by atoms with Crippen molar-refractivity contribution in [3.05, 3.63) is 113 Å². The first kappa shape index (κ1) is 17.8. The molecule has 31 heavy (non-hydrogen) atoms. The highest BCUT2D eigenvalue weighted by atomic mass is 19.1. The summed E-state index contributed by atoms with van der Waals surface area (Å²) in [4.78, 5) is 4.35. The number of para-hydroxylation sites is 1. The summed E-state index contributed by atoms with van der Waals surface area (Å²) in [6.07, 6.45) is 0.758. The Hall–Kier alpha value is -4.00. The maximum absolute atomic E-state index is 14.9. The predicted molar refractivity (Wildman–Crippen MR) is 111 cm³/mol. The topological polar surface area (TPSA) is 52.0 Å². The minimum Gasteiger partial charge on any atom is -0.480 e. The maximum Gasteiger partial charge on any atom is 0.226 e. The molecule has 0 amide bonds. The van der Waals surface area contributed by atoms with Crippen molar-refractivity contribution >= 4 is 11.6 Å². The second-order valence-corrected chi connectivity index (χ2v) is 7.45. The van der Waals surface area contributed by atoms with Crippen LogP contribution in [0.3, 0.4) is 0 Å². The molecule has 0 radical (unpaired) electrons. The van der Waals surface area contributed by atoms with Crippen LogP contribution in [0.4, 0.5) is 14.7 Å². The molecule has 0 saturated carbocycles. The van der Waals surface area contributed by atoms with E-state index in [1.807, 2.05) is 24.3 Å². The van der Waals surface area contributed by atoms with Crippen molar-refractivity contribution in [3.63, 3.8) is 0 Å². The molecule has 1 N–H and O–H groups in total.